The quantitative estimate of drug-likeness (QED) is 0.889. The molecule has 5 nitrogen and oxygen atoms in total. The molecular weight excluding hydrogens is 252 g/mol. The van der Waals surface area contributed by atoms with Gasteiger partial charge in [-0.1, -0.05) is 6.92 Å². The molecule has 1 aromatic rings. The highest BCUT2D eigenvalue weighted by Gasteiger charge is 2.25. The number of amides is 1. The predicted molar refractivity (Wildman–Crippen MR) is 79.8 cm³/mol. The summed E-state index contributed by atoms with van der Waals surface area (Å²) in [4.78, 5) is 14.6. The fourth-order valence-corrected chi connectivity index (χ4v) is 2.85. The number of hydrogen-bond acceptors (Lipinski definition) is 3. The van der Waals surface area contributed by atoms with Crippen LogP contribution in [0, 0.1) is 5.92 Å². The van der Waals surface area contributed by atoms with Gasteiger partial charge in [0.05, 0.1) is 5.69 Å². The number of likely N-dealkylation sites (tertiary alicyclic amines) is 1. The van der Waals surface area contributed by atoms with Gasteiger partial charge < -0.3 is 10.2 Å². The van der Waals surface area contributed by atoms with Gasteiger partial charge in [-0.2, -0.15) is 5.10 Å². The number of rotatable bonds is 5. The second kappa shape index (κ2) is 6.88. The number of carbonyl (C=O) groups excluding carboxylic acids is 1. The van der Waals surface area contributed by atoms with E-state index < -0.39 is 0 Å². The number of hydrogen-bond donors (Lipinski definition) is 1. The molecule has 0 spiro atoms. The van der Waals surface area contributed by atoms with Crippen molar-refractivity contribution in [1.29, 1.82) is 0 Å². The van der Waals surface area contributed by atoms with E-state index in [0.717, 1.165) is 56.8 Å². The Morgan fingerprint density at radius 1 is 1.40 bits per heavy atom. The molecular formula is C15H26N4O. The zero-order valence-electron chi connectivity index (χ0n) is 12.9. The molecule has 1 aromatic heterocycles. The van der Waals surface area contributed by atoms with Gasteiger partial charge in [-0.15, -0.1) is 0 Å². The maximum atomic E-state index is 12.6. The topological polar surface area (TPSA) is 50.2 Å². The van der Waals surface area contributed by atoms with E-state index >= 15 is 0 Å². The van der Waals surface area contributed by atoms with Crippen molar-refractivity contribution in [3.63, 3.8) is 0 Å². The molecule has 1 fully saturated rings. The van der Waals surface area contributed by atoms with Gasteiger partial charge in [0.25, 0.3) is 5.91 Å². The summed E-state index contributed by atoms with van der Waals surface area (Å²) in [7, 11) is 1.99. The Labute approximate surface area is 121 Å². The van der Waals surface area contributed by atoms with Crippen LogP contribution in [0.15, 0.2) is 6.07 Å². The third-order valence-electron chi connectivity index (χ3n) is 4.11. The monoisotopic (exact) mass is 278 g/mol. The van der Waals surface area contributed by atoms with Crippen molar-refractivity contribution in [2.45, 2.75) is 39.7 Å². The summed E-state index contributed by atoms with van der Waals surface area (Å²) in [5.74, 6) is 0.841. The van der Waals surface area contributed by atoms with Crippen molar-refractivity contribution in [2.24, 2.45) is 5.92 Å². The van der Waals surface area contributed by atoms with E-state index in [1.165, 1.54) is 0 Å². The maximum absolute atomic E-state index is 12.6. The van der Waals surface area contributed by atoms with E-state index in [0.29, 0.717) is 5.92 Å². The van der Waals surface area contributed by atoms with Gasteiger partial charge in [0.2, 0.25) is 0 Å². The minimum absolute atomic E-state index is 0.141. The van der Waals surface area contributed by atoms with Crippen LogP contribution in [-0.2, 0) is 13.0 Å². The predicted octanol–water partition coefficient (Wildman–Crippen LogP) is 1.54. The second-order valence-corrected chi connectivity index (χ2v) is 5.48. The number of aromatic nitrogens is 2. The van der Waals surface area contributed by atoms with Gasteiger partial charge in [0.1, 0.15) is 5.69 Å². The van der Waals surface area contributed by atoms with Crippen LogP contribution in [0.25, 0.3) is 0 Å². The summed E-state index contributed by atoms with van der Waals surface area (Å²) in [5.41, 5.74) is 1.75. The average molecular weight is 278 g/mol. The highest BCUT2D eigenvalue weighted by atomic mass is 16.2. The zero-order valence-corrected chi connectivity index (χ0v) is 12.9. The van der Waals surface area contributed by atoms with E-state index in [-0.39, 0.29) is 5.91 Å². The molecule has 1 aliphatic heterocycles. The second-order valence-electron chi connectivity index (χ2n) is 5.48. The largest absolute Gasteiger partial charge is 0.337 e. The van der Waals surface area contributed by atoms with Gasteiger partial charge >= 0.3 is 0 Å². The lowest BCUT2D eigenvalue weighted by Crippen LogP contribution is -2.41. The third-order valence-corrected chi connectivity index (χ3v) is 4.11. The van der Waals surface area contributed by atoms with Crippen molar-refractivity contribution in [3.05, 3.63) is 17.5 Å². The van der Waals surface area contributed by atoms with Gasteiger partial charge in [-0.25, -0.2) is 0 Å². The summed E-state index contributed by atoms with van der Waals surface area (Å²) < 4.78 is 1.83. The minimum atomic E-state index is 0.141. The Morgan fingerprint density at radius 3 is 2.65 bits per heavy atom. The molecule has 1 N–H and O–H groups in total. The first-order valence-electron chi connectivity index (χ1n) is 7.70. The highest BCUT2D eigenvalue weighted by Crippen LogP contribution is 2.19. The molecule has 0 aliphatic carbocycles. The van der Waals surface area contributed by atoms with Crippen LogP contribution in [-0.4, -0.2) is 47.3 Å². The van der Waals surface area contributed by atoms with Gasteiger partial charge in [-0.3, -0.25) is 9.48 Å². The Morgan fingerprint density at radius 2 is 2.10 bits per heavy atom. The van der Waals surface area contributed by atoms with Crippen LogP contribution in [0.2, 0.25) is 0 Å². The summed E-state index contributed by atoms with van der Waals surface area (Å²) in [5, 5.41) is 7.69. The molecule has 112 valence electrons. The molecule has 2 rings (SSSR count). The van der Waals surface area contributed by atoms with Crippen LogP contribution in [0.1, 0.15) is 42.9 Å². The average Bonchev–Trinajstić information content (AvgIpc) is 2.91. The minimum Gasteiger partial charge on any atom is -0.337 e. The number of nitrogens with zero attached hydrogens (tertiary/aromatic N) is 3. The number of carbonyl (C=O) groups is 1. The fourth-order valence-electron chi connectivity index (χ4n) is 2.85. The van der Waals surface area contributed by atoms with Crippen LogP contribution in [0.5, 0.6) is 0 Å². The standard InChI is InChI=1S/C15H26N4O/c1-4-13-10-14(19(5-2)17-13)15(20)18-8-6-12(7-9-18)11-16-3/h10,12,16H,4-9,11H2,1-3H3. The molecule has 2 heterocycles. The Hall–Kier alpha value is -1.36. The summed E-state index contributed by atoms with van der Waals surface area (Å²) in [6.45, 7) is 7.62. The molecule has 0 saturated carbocycles. The van der Waals surface area contributed by atoms with Crippen molar-refractivity contribution >= 4 is 5.91 Å². The number of piperidine rings is 1. The molecule has 1 amide bonds. The van der Waals surface area contributed by atoms with E-state index in [4.69, 9.17) is 0 Å². The van der Waals surface area contributed by atoms with Crippen LogP contribution in [0.3, 0.4) is 0 Å². The first kappa shape index (κ1) is 15.0. The molecule has 1 aliphatic rings. The first-order chi connectivity index (χ1) is 9.69. The van der Waals surface area contributed by atoms with E-state index in [2.05, 4.69) is 17.3 Å². The molecule has 0 bridgehead atoms. The fraction of sp³-hybridized carbons (Fsp3) is 0.733. The van der Waals surface area contributed by atoms with E-state index in [1.54, 1.807) is 0 Å². The smallest absolute Gasteiger partial charge is 0.272 e. The van der Waals surface area contributed by atoms with Gasteiger partial charge in [0, 0.05) is 19.6 Å². The van der Waals surface area contributed by atoms with E-state index in [9.17, 15) is 4.79 Å². The van der Waals surface area contributed by atoms with Crippen molar-refractivity contribution in [2.75, 3.05) is 26.7 Å². The number of aryl methyl sites for hydroxylation is 2. The molecule has 1 saturated heterocycles. The van der Waals surface area contributed by atoms with E-state index in [1.807, 2.05) is 29.6 Å². The molecule has 0 unspecified atom stereocenters. The zero-order chi connectivity index (χ0) is 14.5. The molecule has 0 aromatic carbocycles. The van der Waals surface area contributed by atoms with Crippen molar-refractivity contribution in [1.82, 2.24) is 20.0 Å². The lowest BCUT2D eigenvalue weighted by Gasteiger charge is -2.31. The third kappa shape index (κ3) is 3.20. The lowest BCUT2D eigenvalue weighted by atomic mass is 9.96. The Bertz CT molecular complexity index is 447. The van der Waals surface area contributed by atoms with Gasteiger partial charge in [-0.05, 0) is 51.8 Å². The van der Waals surface area contributed by atoms with Crippen molar-refractivity contribution < 1.29 is 4.79 Å². The molecule has 20 heavy (non-hydrogen) atoms. The SMILES string of the molecule is CCc1cc(C(=O)N2CCC(CNC)CC2)n(CC)n1. The summed E-state index contributed by atoms with van der Waals surface area (Å²) in [6.07, 6.45) is 3.05. The Kier molecular flexibility index (Phi) is 5.17. The summed E-state index contributed by atoms with van der Waals surface area (Å²) >= 11 is 0. The molecule has 5 heteroatoms. The normalized spacial score (nSPS) is 16.6. The first-order valence-corrected chi connectivity index (χ1v) is 7.70. The van der Waals surface area contributed by atoms with Crippen molar-refractivity contribution in [3.8, 4) is 0 Å². The maximum Gasteiger partial charge on any atom is 0.272 e. The summed E-state index contributed by atoms with van der Waals surface area (Å²) in [6, 6.07) is 1.95. The molecule has 0 radical (unpaired) electrons. The number of nitrogens with one attached hydrogen (secondary N) is 1. The molecule has 0 atom stereocenters. The van der Waals surface area contributed by atoms with Crippen LogP contribution < -0.4 is 5.32 Å². The van der Waals surface area contributed by atoms with Gasteiger partial charge in [0.15, 0.2) is 0 Å². The lowest BCUT2D eigenvalue weighted by molar-refractivity contribution is 0.0678. The van der Waals surface area contributed by atoms with Crippen LogP contribution >= 0.6 is 0 Å². The Balaban J connectivity index is 2.03. The van der Waals surface area contributed by atoms with Crippen LogP contribution in [0.4, 0.5) is 0 Å². The highest BCUT2D eigenvalue weighted by molar-refractivity contribution is 5.92.